The molecule has 0 spiro atoms. The molecule has 0 radical (unpaired) electrons. The van der Waals surface area contributed by atoms with E-state index in [0.717, 1.165) is 16.8 Å². The van der Waals surface area contributed by atoms with Crippen LogP contribution in [0.2, 0.25) is 0 Å². The Bertz CT molecular complexity index is 1270. The van der Waals surface area contributed by atoms with Crippen molar-refractivity contribution in [3.8, 4) is 11.5 Å². The van der Waals surface area contributed by atoms with E-state index in [1.165, 1.54) is 11.1 Å². The predicted octanol–water partition coefficient (Wildman–Crippen LogP) is 5.22. The minimum atomic E-state index is -0.629. The standard InChI is InChI=1S/C29H30N2O3/c1-20-10-12-24-23(16-20)28(2,3)29(30-27(32)18-31(24)29)15-14-21-11-13-25(26(17-21)33-4)34-19-22-8-6-5-7-9-22/h5-17H,18-19H2,1-4H3,(H,30,32)/b15-14+/t29-/m0/s1. The van der Waals surface area contributed by atoms with Gasteiger partial charge in [-0.2, -0.15) is 0 Å². The van der Waals surface area contributed by atoms with Crippen LogP contribution < -0.4 is 19.7 Å². The van der Waals surface area contributed by atoms with Gasteiger partial charge in [-0.15, -0.1) is 0 Å². The quantitative estimate of drug-likeness (QED) is 0.555. The lowest BCUT2D eigenvalue weighted by Crippen LogP contribution is -2.58. The number of benzene rings is 3. The highest BCUT2D eigenvalue weighted by Gasteiger charge is 2.59. The second-order valence-corrected chi connectivity index (χ2v) is 9.56. The van der Waals surface area contributed by atoms with E-state index in [0.29, 0.717) is 24.7 Å². The molecule has 0 aliphatic carbocycles. The second-order valence-electron chi connectivity index (χ2n) is 9.56. The van der Waals surface area contributed by atoms with Gasteiger partial charge in [-0.25, -0.2) is 0 Å². The van der Waals surface area contributed by atoms with E-state index in [4.69, 9.17) is 9.47 Å². The summed E-state index contributed by atoms with van der Waals surface area (Å²) in [5.41, 5.74) is 4.72. The number of nitrogens with zero attached hydrogens (tertiary/aromatic N) is 1. The summed E-state index contributed by atoms with van der Waals surface area (Å²) in [7, 11) is 1.65. The molecule has 5 nitrogen and oxygen atoms in total. The number of hydrogen-bond acceptors (Lipinski definition) is 4. The molecule has 2 aliphatic rings. The molecular weight excluding hydrogens is 424 g/mol. The number of carbonyl (C=O) groups is 1. The number of hydrogen-bond donors (Lipinski definition) is 1. The van der Waals surface area contributed by atoms with E-state index in [9.17, 15) is 4.79 Å². The van der Waals surface area contributed by atoms with Gasteiger partial charge in [-0.05, 0) is 47.9 Å². The number of carbonyl (C=O) groups excluding carboxylic acids is 1. The summed E-state index contributed by atoms with van der Waals surface area (Å²) in [5.74, 6) is 1.40. The Kier molecular flexibility index (Phi) is 5.35. The molecule has 2 heterocycles. The number of rotatable bonds is 6. The minimum absolute atomic E-state index is 0.0335. The Morgan fingerprint density at radius 3 is 2.59 bits per heavy atom. The number of methoxy groups -OCH3 is 1. The van der Waals surface area contributed by atoms with Crippen molar-refractivity contribution in [1.29, 1.82) is 0 Å². The third-order valence-electron chi connectivity index (χ3n) is 7.07. The number of fused-ring (bicyclic) bond motifs is 3. The maximum Gasteiger partial charge on any atom is 0.241 e. The van der Waals surface area contributed by atoms with Gasteiger partial charge in [-0.3, -0.25) is 4.79 Å². The van der Waals surface area contributed by atoms with Crippen LogP contribution in [-0.2, 0) is 16.8 Å². The third-order valence-corrected chi connectivity index (χ3v) is 7.07. The molecule has 1 fully saturated rings. The van der Waals surface area contributed by atoms with Crippen LogP contribution in [0.5, 0.6) is 11.5 Å². The van der Waals surface area contributed by atoms with Crippen LogP contribution in [0.3, 0.4) is 0 Å². The van der Waals surface area contributed by atoms with Crippen LogP contribution in [0.4, 0.5) is 5.69 Å². The topological polar surface area (TPSA) is 50.8 Å². The van der Waals surface area contributed by atoms with Gasteiger partial charge < -0.3 is 19.7 Å². The largest absolute Gasteiger partial charge is 0.493 e. The van der Waals surface area contributed by atoms with Crippen LogP contribution in [0.1, 0.15) is 36.1 Å². The Morgan fingerprint density at radius 2 is 1.82 bits per heavy atom. The molecule has 2 aliphatic heterocycles. The molecule has 174 valence electrons. The molecule has 3 aromatic carbocycles. The first-order valence-corrected chi connectivity index (χ1v) is 11.6. The fourth-order valence-corrected chi connectivity index (χ4v) is 5.15. The van der Waals surface area contributed by atoms with Crippen molar-refractivity contribution >= 4 is 17.7 Å². The zero-order valence-electron chi connectivity index (χ0n) is 20.1. The summed E-state index contributed by atoms with van der Waals surface area (Å²) in [6.07, 6.45) is 4.18. The van der Waals surface area contributed by atoms with E-state index in [-0.39, 0.29) is 11.3 Å². The monoisotopic (exact) mass is 454 g/mol. The molecule has 1 atom stereocenters. The Labute approximate surface area is 201 Å². The summed E-state index contributed by atoms with van der Waals surface area (Å²) in [5, 5.41) is 3.28. The van der Waals surface area contributed by atoms with Gasteiger partial charge in [0.25, 0.3) is 0 Å². The van der Waals surface area contributed by atoms with Crippen molar-refractivity contribution in [2.45, 2.75) is 38.5 Å². The van der Waals surface area contributed by atoms with Crippen molar-refractivity contribution < 1.29 is 14.3 Å². The van der Waals surface area contributed by atoms with Crippen LogP contribution >= 0.6 is 0 Å². The molecule has 0 bridgehead atoms. The first kappa shape index (κ1) is 22.1. The summed E-state index contributed by atoms with van der Waals surface area (Å²) in [6, 6.07) is 22.4. The Balaban J connectivity index is 1.44. The Morgan fingerprint density at radius 1 is 1.03 bits per heavy atom. The molecular formula is C29H30N2O3. The molecule has 0 unspecified atom stereocenters. The van der Waals surface area contributed by atoms with E-state index in [1.807, 2.05) is 48.5 Å². The third kappa shape index (κ3) is 3.52. The van der Waals surface area contributed by atoms with E-state index in [1.54, 1.807) is 7.11 Å². The number of nitrogens with one attached hydrogen (secondary N) is 1. The van der Waals surface area contributed by atoms with Gasteiger partial charge in [0, 0.05) is 11.1 Å². The first-order chi connectivity index (χ1) is 16.3. The van der Waals surface area contributed by atoms with Crippen LogP contribution in [0, 0.1) is 6.92 Å². The molecule has 5 heteroatoms. The van der Waals surface area contributed by atoms with Crippen LogP contribution in [0.25, 0.3) is 6.08 Å². The number of ether oxygens (including phenoxy) is 2. The zero-order valence-corrected chi connectivity index (χ0v) is 20.1. The molecule has 1 amide bonds. The van der Waals surface area contributed by atoms with Gasteiger partial charge in [0.2, 0.25) is 5.91 Å². The lowest BCUT2D eigenvalue weighted by Gasteiger charge is -2.40. The molecule has 0 aromatic heterocycles. The van der Waals surface area contributed by atoms with Crippen molar-refractivity contribution in [2.75, 3.05) is 18.6 Å². The highest BCUT2D eigenvalue weighted by molar-refractivity contribution is 5.91. The number of amides is 1. The highest BCUT2D eigenvalue weighted by Crippen LogP contribution is 2.53. The Hall–Kier alpha value is -3.73. The fraction of sp³-hybridized carbons (Fsp3) is 0.276. The lowest BCUT2D eigenvalue weighted by atomic mass is 9.75. The van der Waals surface area contributed by atoms with Crippen LogP contribution in [0.15, 0.2) is 72.8 Å². The van der Waals surface area contributed by atoms with Gasteiger partial charge >= 0.3 is 0 Å². The SMILES string of the molecule is COc1cc(/C=C/[C@]23NC(=O)CN2c2ccc(C)cc2C3(C)C)ccc1OCc1ccccc1. The second kappa shape index (κ2) is 8.24. The maximum atomic E-state index is 12.5. The normalized spacial score (nSPS) is 20.2. The highest BCUT2D eigenvalue weighted by atomic mass is 16.5. The molecule has 3 aromatic rings. The lowest BCUT2D eigenvalue weighted by molar-refractivity contribution is -0.118. The van der Waals surface area contributed by atoms with Crippen molar-refractivity contribution in [3.05, 3.63) is 95.1 Å². The molecule has 5 rings (SSSR count). The molecule has 34 heavy (non-hydrogen) atoms. The summed E-state index contributed by atoms with van der Waals surface area (Å²) >= 11 is 0. The van der Waals surface area contributed by atoms with Gasteiger partial charge in [0.05, 0.1) is 13.7 Å². The average Bonchev–Trinajstić information content (AvgIpc) is 3.26. The summed E-state index contributed by atoms with van der Waals surface area (Å²) < 4.78 is 11.6. The number of anilines is 1. The molecule has 1 saturated heterocycles. The molecule has 0 saturated carbocycles. The van der Waals surface area contributed by atoms with E-state index < -0.39 is 5.66 Å². The van der Waals surface area contributed by atoms with Crippen molar-refractivity contribution in [2.24, 2.45) is 0 Å². The maximum absolute atomic E-state index is 12.5. The average molecular weight is 455 g/mol. The fourth-order valence-electron chi connectivity index (χ4n) is 5.15. The van der Waals surface area contributed by atoms with Gasteiger partial charge in [0.15, 0.2) is 11.5 Å². The van der Waals surface area contributed by atoms with Crippen molar-refractivity contribution in [3.63, 3.8) is 0 Å². The smallest absolute Gasteiger partial charge is 0.241 e. The summed E-state index contributed by atoms with van der Waals surface area (Å²) in [4.78, 5) is 14.7. The van der Waals surface area contributed by atoms with Crippen LogP contribution in [-0.4, -0.2) is 25.2 Å². The van der Waals surface area contributed by atoms with Gasteiger partial charge in [-0.1, -0.05) is 74.0 Å². The first-order valence-electron chi connectivity index (χ1n) is 11.6. The van der Waals surface area contributed by atoms with Gasteiger partial charge in [0.1, 0.15) is 12.3 Å². The zero-order chi connectivity index (χ0) is 23.9. The number of aryl methyl sites for hydroxylation is 1. The van der Waals surface area contributed by atoms with E-state index in [2.05, 4.69) is 61.3 Å². The van der Waals surface area contributed by atoms with E-state index >= 15 is 0 Å². The molecule has 1 N–H and O–H groups in total. The summed E-state index contributed by atoms with van der Waals surface area (Å²) in [6.45, 7) is 7.32. The van der Waals surface area contributed by atoms with Crippen molar-refractivity contribution in [1.82, 2.24) is 5.32 Å². The predicted molar refractivity (Wildman–Crippen MR) is 135 cm³/mol. The minimum Gasteiger partial charge on any atom is -0.493 e.